The Morgan fingerprint density at radius 2 is 2.03 bits per heavy atom. The topological polar surface area (TPSA) is 128 Å². The zero-order chi connectivity index (χ0) is 23.8. The zero-order valence-corrected chi connectivity index (χ0v) is 19.9. The molecule has 4 heterocycles. The standard InChI is InChI=1S/C23H29N5O4S/c1-15-13-23(2,3)28(14-15)21-16(10-11-17(25-21)18-7-4-5-12-32-18)22(29)27-33(30,31)20-9-6-8-19(24)26-20/h6-11,15H,4-5,12-14H2,1-3H3,(H2,24,26)(H,27,29)/t15-/m0/s1. The SMILES string of the molecule is C[C@@H]1CN(c2nc(C3=CCCCO3)ccc2C(=O)NS(=O)(=O)c2cccc(N)n2)C(C)(C)C1. The lowest BCUT2D eigenvalue weighted by atomic mass is 9.97. The van der Waals surface area contributed by atoms with E-state index in [1.54, 1.807) is 12.1 Å². The molecule has 4 rings (SSSR count). The van der Waals surface area contributed by atoms with Crippen LogP contribution in [-0.4, -0.2) is 43.0 Å². The van der Waals surface area contributed by atoms with Crippen molar-refractivity contribution in [2.24, 2.45) is 5.92 Å². The van der Waals surface area contributed by atoms with Crippen LogP contribution in [0.4, 0.5) is 11.6 Å². The molecule has 1 atom stereocenters. The van der Waals surface area contributed by atoms with Crippen molar-refractivity contribution < 1.29 is 17.9 Å². The number of nitrogens with one attached hydrogen (secondary N) is 1. The average Bonchev–Trinajstić information content (AvgIpc) is 3.05. The van der Waals surface area contributed by atoms with Crippen LogP contribution in [0, 0.1) is 5.92 Å². The zero-order valence-electron chi connectivity index (χ0n) is 19.0. The third-order valence-corrected chi connectivity index (χ3v) is 7.12. The van der Waals surface area contributed by atoms with Gasteiger partial charge in [0, 0.05) is 12.1 Å². The highest BCUT2D eigenvalue weighted by Crippen LogP contribution is 2.38. The van der Waals surface area contributed by atoms with E-state index in [1.165, 1.54) is 18.2 Å². The van der Waals surface area contributed by atoms with Gasteiger partial charge in [0.2, 0.25) is 0 Å². The highest BCUT2D eigenvalue weighted by Gasteiger charge is 2.39. The molecule has 0 unspecified atom stereocenters. The van der Waals surface area contributed by atoms with Crippen molar-refractivity contribution in [1.82, 2.24) is 14.7 Å². The Morgan fingerprint density at radius 1 is 1.24 bits per heavy atom. The van der Waals surface area contributed by atoms with Gasteiger partial charge in [-0.2, -0.15) is 8.42 Å². The number of hydrogen-bond acceptors (Lipinski definition) is 8. The van der Waals surface area contributed by atoms with Crippen LogP contribution in [0.1, 0.15) is 56.1 Å². The molecule has 176 valence electrons. The van der Waals surface area contributed by atoms with Crippen LogP contribution in [-0.2, 0) is 14.8 Å². The number of allylic oxidation sites excluding steroid dienone is 1. The van der Waals surface area contributed by atoms with Crippen LogP contribution in [0.15, 0.2) is 41.4 Å². The lowest BCUT2D eigenvalue weighted by Gasteiger charge is -2.34. The van der Waals surface area contributed by atoms with E-state index in [9.17, 15) is 13.2 Å². The minimum atomic E-state index is -4.21. The second kappa shape index (κ2) is 8.66. The third-order valence-electron chi connectivity index (χ3n) is 5.88. The number of carbonyl (C=O) groups excluding carboxylic acids is 1. The van der Waals surface area contributed by atoms with Crippen LogP contribution in [0.25, 0.3) is 5.76 Å². The summed E-state index contributed by atoms with van der Waals surface area (Å²) in [6, 6.07) is 7.52. The number of anilines is 2. The Hall–Kier alpha value is -3.14. The van der Waals surface area contributed by atoms with Crippen LogP contribution in [0.3, 0.4) is 0 Å². The Morgan fingerprint density at radius 3 is 2.67 bits per heavy atom. The first-order chi connectivity index (χ1) is 15.6. The predicted molar refractivity (Wildman–Crippen MR) is 126 cm³/mol. The molecule has 3 N–H and O–H groups in total. The summed E-state index contributed by atoms with van der Waals surface area (Å²) in [5, 5.41) is -0.321. The lowest BCUT2D eigenvalue weighted by molar-refractivity contribution is 0.0981. The largest absolute Gasteiger partial charge is 0.492 e. The Kier molecular flexibility index (Phi) is 6.04. The number of nitrogens with two attached hydrogens (primary N) is 1. The Bertz CT molecular complexity index is 1210. The van der Waals surface area contributed by atoms with E-state index < -0.39 is 15.9 Å². The van der Waals surface area contributed by atoms with Gasteiger partial charge in [0.15, 0.2) is 5.03 Å². The molecule has 1 fully saturated rings. The molecular weight excluding hydrogens is 442 g/mol. The molecule has 0 aliphatic carbocycles. The number of ether oxygens (including phenoxy) is 1. The summed E-state index contributed by atoms with van der Waals surface area (Å²) < 4.78 is 33.5. The van der Waals surface area contributed by atoms with E-state index >= 15 is 0 Å². The molecule has 9 nitrogen and oxygen atoms in total. The molecule has 0 bridgehead atoms. The molecule has 2 aliphatic rings. The molecule has 33 heavy (non-hydrogen) atoms. The second-order valence-electron chi connectivity index (χ2n) is 9.19. The quantitative estimate of drug-likeness (QED) is 0.681. The smallest absolute Gasteiger partial charge is 0.281 e. The minimum absolute atomic E-state index is 0.0468. The van der Waals surface area contributed by atoms with Crippen molar-refractivity contribution in [2.45, 2.75) is 50.6 Å². The maximum absolute atomic E-state index is 13.2. The van der Waals surface area contributed by atoms with Crippen molar-refractivity contribution in [3.05, 3.63) is 47.7 Å². The van der Waals surface area contributed by atoms with E-state index in [-0.39, 0.29) is 21.9 Å². The van der Waals surface area contributed by atoms with E-state index in [0.717, 1.165) is 19.3 Å². The van der Waals surface area contributed by atoms with Gasteiger partial charge in [-0.1, -0.05) is 13.0 Å². The molecule has 2 aromatic rings. The van der Waals surface area contributed by atoms with Gasteiger partial charge in [-0.05, 0) is 69.4 Å². The highest BCUT2D eigenvalue weighted by molar-refractivity contribution is 7.90. The first-order valence-corrected chi connectivity index (χ1v) is 12.5. The van der Waals surface area contributed by atoms with Gasteiger partial charge in [0.05, 0.1) is 12.2 Å². The van der Waals surface area contributed by atoms with Crippen LogP contribution in [0.2, 0.25) is 0 Å². The number of sulfonamides is 1. The summed E-state index contributed by atoms with van der Waals surface area (Å²) in [6.07, 6.45) is 4.75. The molecule has 0 radical (unpaired) electrons. The molecule has 0 spiro atoms. The molecular formula is C23H29N5O4S. The van der Waals surface area contributed by atoms with Crippen molar-refractivity contribution in [1.29, 1.82) is 0 Å². The van der Waals surface area contributed by atoms with Gasteiger partial charge >= 0.3 is 0 Å². The summed E-state index contributed by atoms with van der Waals surface area (Å²) >= 11 is 0. The predicted octanol–water partition coefficient (Wildman–Crippen LogP) is 2.95. The monoisotopic (exact) mass is 471 g/mol. The number of nitrogens with zero attached hydrogens (tertiary/aromatic N) is 3. The lowest BCUT2D eigenvalue weighted by Crippen LogP contribution is -2.41. The maximum atomic E-state index is 13.2. The van der Waals surface area contributed by atoms with Gasteiger partial charge < -0.3 is 15.4 Å². The molecule has 2 aliphatic heterocycles. The van der Waals surface area contributed by atoms with Gasteiger partial charge in [0.25, 0.3) is 15.9 Å². The summed E-state index contributed by atoms with van der Waals surface area (Å²) in [7, 11) is -4.21. The fourth-order valence-corrected chi connectivity index (χ4v) is 5.42. The number of nitrogen functional groups attached to an aromatic ring is 1. The average molecular weight is 472 g/mol. The molecule has 0 aromatic carbocycles. The van der Waals surface area contributed by atoms with E-state index in [4.69, 9.17) is 15.5 Å². The number of carbonyl (C=O) groups is 1. The van der Waals surface area contributed by atoms with Gasteiger partial charge in [-0.15, -0.1) is 0 Å². The number of hydrogen-bond donors (Lipinski definition) is 2. The summed E-state index contributed by atoms with van der Waals surface area (Å²) in [5.41, 5.74) is 6.15. The molecule has 2 aromatic heterocycles. The number of amides is 1. The molecule has 10 heteroatoms. The fourth-order valence-electron chi connectivity index (χ4n) is 4.47. The van der Waals surface area contributed by atoms with Gasteiger partial charge in [-0.25, -0.2) is 14.7 Å². The molecule has 1 amide bonds. The van der Waals surface area contributed by atoms with Crippen LogP contribution in [0.5, 0.6) is 0 Å². The van der Waals surface area contributed by atoms with Crippen LogP contribution < -0.4 is 15.4 Å². The van der Waals surface area contributed by atoms with Crippen molar-refractivity contribution in [2.75, 3.05) is 23.8 Å². The van der Waals surface area contributed by atoms with Gasteiger partial charge in [-0.3, -0.25) is 4.79 Å². The Labute approximate surface area is 194 Å². The summed E-state index contributed by atoms with van der Waals surface area (Å²) in [6.45, 7) is 7.65. The van der Waals surface area contributed by atoms with Crippen molar-refractivity contribution in [3.63, 3.8) is 0 Å². The summed E-state index contributed by atoms with van der Waals surface area (Å²) in [4.78, 5) is 23.9. The second-order valence-corrected chi connectivity index (χ2v) is 10.8. The van der Waals surface area contributed by atoms with E-state index in [2.05, 4.69) is 35.4 Å². The third kappa shape index (κ3) is 4.80. The maximum Gasteiger partial charge on any atom is 0.281 e. The number of aromatic nitrogens is 2. The molecule has 1 saturated heterocycles. The van der Waals surface area contributed by atoms with E-state index in [1.807, 2.05) is 6.08 Å². The van der Waals surface area contributed by atoms with Crippen LogP contribution >= 0.6 is 0 Å². The van der Waals surface area contributed by atoms with Gasteiger partial charge in [0.1, 0.15) is 23.1 Å². The van der Waals surface area contributed by atoms with Crippen molar-refractivity contribution in [3.8, 4) is 0 Å². The minimum Gasteiger partial charge on any atom is -0.492 e. The first kappa shape index (κ1) is 23.0. The van der Waals surface area contributed by atoms with Crippen molar-refractivity contribution >= 4 is 33.3 Å². The fraction of sp³-hybridized carbons (Fsp3) is 0.435. The van der Waals surface area contributed by atoms with E-state index in [0.29, 0.717) is 36.3 Å². The highest BCUT2D eigenvalue weighted by atomic mass is 32.2. The summed E-state index contributed by atoms with van der Waals surface area (Å²) in [5.74, 6) is 0.778. The Balaban J connectivity index is 1.74. The first-order valence-electron chi connectivity index (χ1n) is 11.0. The normalized spacial score (nSPS) is 20.2. The molecule has 0 saturated carbocycles. The number of rotatable bonds is 5. The number of pyridine rings is 2.